The van der Waals surface area contributed by atoms with Crippen LogP contribution in [0.1, 0.15) is 0 Å². The van der Waals surface area contributed by atoms with Crippen molar-refractivity contribution in [2.45, 2.75) is 5.67 Å². The van der Waals surface area contributed by atoms with Gasteiger partial charge in [-0.15, -0.1) is 0 Å². The third-order valence-electron chi connectivity index (χ3n) is 2.26. The Morgan fingerprint density at radius 1 is 1.41 bits per heavy atom. The van der Waals surface area contributed by atoms with Crippen LogP contribution < -0.4 is 0 Å². The van der Waals surface area contributed by atoms with Crippen LogP contribution in [0.5, 0.6) is 0 Å². The average Bonchev–Trinajstić information content (AvgIpc) is 2.23. The monoisotopic (exact) mass is 252 g/mol. The summed E-state index contributed by atoms with van der Waals surface area (Å²) in [6.07, 6.45) is 0.0499. The smallest absolute Gasteiger partial charge is 0.350 e. The van der Waals surface area contributed by atoms with Crippen LogP contribution in [0.3, 0.4) is 0 Å². The van der Waals surface area contributed by atoms with E-state index in [2.05, 4.69) is 4.74 Å². The molecule has 1 aliphatic rings. The van der Waals surface area contributed by atoms with E-state index in [4.69, 9.17) is 10.2 Å². The molecule has 0 aromatic rings. The second kappa shape index (κ2) is 4.11. The molecule has 0 saturated heterocycles. The molecule has 94 valence electrons. The molecule has 0 fully saturated rings. The number of halogens is 3. The average molecular weight is 252 g/mol. The number of carboxylic acid groups (broad SMARTS) is 2. The van der Waals surface area contributed by atoms with Gasteiger partial charge in [0.2, 0.25) is 0 Å². The Bertz CT molecular complexity index is 442. The lowest BCUT2D eigenvalue weighted by Crippen LogP contribution is -2.48. The van der Waals surface area contributed by atoms with Gasteiger partial charge in [-0.25, -0.2) is 13.6 Å². The first-order valence-corrected chi connectivity index (χ1v) is 4.23. The first-order chi connectivity index (χ1) is 7.76. The molecule has 17 heavy (non-hydrogen) atoms. The topological polar surface area (TPSA) is 83.8 Å². The van der Waals surface area contributed by atoms with Crippen LogP contribution >= 0.6 is 0 Å². The van der Waals surface area contributed by atoms with E-state index < -0.39 is 40.9 Å². The molecule has 0 saturated carbocycles. The van der Waals surface area contributed by atoms with Crippen molar-refractivity contribution in [3.63, 3.8) is 0 Å². The highest BCUT2D eigenvalue weighted by Gasteiger charge is 2.58. The zero-order valence-electron chi connectivity index (χ0n) is 8.41. The van der Waals surface area contributed by atoms with E-state index in [0.717, 1.165) is 0 Å². The lowest BCUT2D eigenvalue weighted by molar-refractivity contribution is -0.162. The number of methoxy groups -OCH3 is 1. The van der Waals surface area contributed by atoms with Crippen LogP contribution in [0.15, 0.2) is 23.5 Å². The molecule has 0 aliphatic heterocycles. The highest BCUT2D eigenvalue weighted by molar-refractivity contribution is 5.91. The maximum atomic E-state index is 14.1. The third-order valence-corrected chi connectivity index (χ3v) is 2.26. The van der Waals surface area contributed by atoms with E-state index in [1.807, 2.05) is 0 Å². The molecule has 8 heteroatoms. The summed E-state index contributed by atoms with van der Waals surface area (Å²) >= 11 is 0. The SMILES string of the molecule is COC1=C(F)C(F)=CC(C(=O)O)C1(F)C(=O)O. The van der Waals surface area contributed by atoms with Crippen molar-refractivity contribution in [2.75, 3.05) is 7.11 Å². The van der Waals surface area contributed by atoms with Crippen LogP contribution in [0.2, 0.25) is 0 Å². The minimum absolute atomic E-state index is 0.0499. The number of hydrogen-bond donors (Lipinski definition) is 2. The summed E-state index contributed by atoms with van der Waals surface area (Å²) in [5.74, 6) is -11.7. The lowest BCUT2D eigenvalue weighted by Gasteiger charge is -2.29. The summed E-state index contributed by atoms with van der Waals surface area (Å²) in [6.45, 7) is 0. The molecule has 1 rings (SSSR count). The molecule has 0 bridgehead atoms. The number of carbonyl (C=O) groups is 2. The standard InChI is InChI=1S/C9H7F3O5/c1-17-6-5(11)4(10)2-3(7(13)14)9(6,12)8(15)16/h2-3H,1H3,(H,13,14)(H,15,16). The zero-order valence-corrected chi connectivity index (χ0v) is 8.41. The van der Waals surface area contributed by atoms with E-state index in [1.54, 1.807) is 0 Å². The number of alkyl halides is 1. The number of ether oxygens (including phenoxy) is 1. The van der Waals surface area contributed by atoms with Gasteiger partial charge >= 0.3 is 11.9 Å². The molecule has 2 N–H and O–H groups in total. The minimum Gasteiger partial charge on any atom is -0.494 e. The Morgan fingerprint density at radius 2 is 1.94 bits per heavy atom. The number of rotatable bonds is 3. The molecule has 2 unspecified atom stereocenters. The summed E-state index contributed by atoms with van der Waals surface area (Å²) in [7, 11) is 0.712. The van der Waals surface area contributed by atoms with Gasteiger partial charge in [0.1, 0.15) is 5.92 Å². The van der Waals surface area contributed by atoms with Crippen molar-refractivity contribution in [2.24, 2.45) is 5.92 Å². The van der Waals surface area contributed by atoms with Crippen LogP contribution in [0, 0.1) is 5.92 Å². The highest BCUT2D eigenvalue weighted by atomic mass is 19.2. The molecule has 0 heterocycles. The number of hydrogen-bond acceptors (Lipinski definition) is 3. The van der Waals surface area contributed by atoms with Gasteiger partial charge in [0.25, 0.3) is 5.67 Å². The van der Waals surface area contributed by atoms with Crippen molar-refractivity contribution in [3.05, 3.63) is 23.5 Å². The first kappa shape index (κ1) is 13.1. The molecular weight excluding hydrogens is 245 g/mol. The van der Waals surface area contributed by atoms with Gasteiger partial charge in [-0.2, -0.15) is 4.39 Å². The van der Waals surface area contributed by atoms with Gasteiger partial charge in [-0.3, -0.25) is 4.79 Å². The van der Waals surface area contributed by atoms with Gasteiger partial charge < -0.3 is 14.9 Å². The van der Waals surface area contributed by atoms with Crippen LogP contribution in [0.4, 0.5) is 13.2 Å². The van der Waals surface area contributed by atoms with Crippen LogP contribution in [-0.2, 0) is 14.3 Å². The molecule has 0 aromatic carbocycles. The third kappa shape index (κ3) is 1.75. The van der Waals surface area contributed by atoms with Crippen LogP contribution in [0.25, 0.3) is 0 Å². The van der Waals surface area contributed by atoms with Gasteiger partial charge in [0, 0.05) is 0 Å². The van der Waals surface area contributed by atoms with E-state index in [0.29, 0.717) is 7.11 Å². The fourth-order valence-electron chi connectivity index (χ4n) is 1.45. The normalized spacial score (nSPS) is 28.7. The maximum Gasteiger partial charge on any atom is 0.350 e. The summed E-state index contributed by atoms with van der Waals surface area (Å²) in [4.78, 5) is 21.4. The summed E-state index contributed by atoms with van der Waals surface area (Å²) < 4.78 is 44.3. The Morgan fingerprint density at radius 3 is 2.29 bits per heavy atom. The van der Waals surface area contributed by atoms with E-state index in [1.165, 1.54) is 0 Å². The molecule has 1 aliphatic carbocycles. The molecule has 0 spiro atoms. The molecule has 0 amide bonds. The minimum atomic E-state index is -3.68. The van der Waals surface area contributed by atoms with Gasteiger partial charge in [0.05, 0.1) is 7.11 Å². The first-order valence-electron chi connectivity index (χ1n) is 4.23. The summed E-state index contributed by atoms with van der Waals surface area (Å²) in [6, 6.07) is 0. The van der Waals surface area contributed by atoms with Crippen molar-refractivity contribution in [1.82, 2.24) is 0 Å². The quantitative estimate of drug-likeness (QED) is 0.787. The van der Waals surface area contributed by atoms with Gasteiger partial charge in [-0.05, 0) is 6.08 Å². The van der Waals surface area contributed by atoms with Gasteiger partial charge in [-0.1, -0.05) is 0 Å². The van der Waals surface area contributed by atoms with Crippen molar-refractivity contribution in [3.8, 4) is 0 Å². The molecule has 2 atom stereocenters. The second-order valence-corrected chi connectivity index (χ2v) is 3.19. The lowest BCUT2D eigenvalue weighted by atomic mass is 9.83. The fraction of sp³-hybridized carbons (Fsp3) is 0.333. The van der Waals surface area contributed by atoms with Crippen molar-refractivity contribution < 1.29 is 37.7 Å². The highest BCUT2D eigenvalue weighted by Crippen LogP contribution is 2.42. The zero-order chi connectivity index (χ0) is 13.4. The molecule has 5 nitrogen and oxygen atoms in total. The Balaban J connectivity index is 3.50. The van der Waals surface area contributed by atoms with E-state index >= 15 is 0 Å². The maximum absolute atomic E-state index is 14.1. The molecular formula is C9H7F3O5. The fourth-order valence-corrected chi connectivity index (χ4v) is 1.45. The van der Waals surface area contributed by atoms with Crippen LogP contribution in [-0.4, -0.2) is 34.9 Å². The number of aliphatic carboxylic acids is 2. The Kier molecular flexibility index (Phi) is 3.16. The van der Waals surface area contributed by atoms with Crippen molar-refractivity contribution in [1.29, 1.82) is 0 Å². The van der Waals surface area contributed by atoms with E-state index in [9.17, 15) is 22.8 Å². The molecule has 0 aromatic heterocycles. The van der Waals surface area contributed by atoms with Gasteiger partial charge in [0.15, 0.2) is 17.4 Å². The summed E-state index contributed by atoms with van der Waals surface area (Å²) in [5, 5.41) is 17.3. The predicted molar refractivity (Wildman–Crippen MR) is 46.9 cm³/mol. The second-order valence-electron chi connectivity index (χ2n) is 3.19. The van der Waals surface area contributed by atoms with Crippen molar-refractivity contribution >= 4 is 11.9 Å². The number of carboxylic acids is 2. The Hall–Kier alpha value is -1.99. The predicted octanol–water partition coefficient (Wildman–Crippen LogP) is 1.17. The summed E-state index contributed by atoms with van der Waals surface area (Å²) in [5.41, 5.74) is -3.68. The molecule has 0 radical (unpaired) electrons. The van der Waals surface area contributed by atoms with E-state index in [-0.39, 0.29) is 6.08 Å². The largest absolute Gasteiger partial charge is 0.494 e. The number of allylic oxidation sites excluding steroid dienone is 2. The Labute approximate surface area is 92.8 Å².